The minimum Gasteiger partial charge on any atom is -0.444 e. The van der Waals surface area contributed by atoms with Gasteiger partial charge in [-0.1, -0.05) is 6.92 Å². The number of rotatable bonds is 4. The lowest BCUT2D eigenvalue weighted by Gasteiger charge is -2.31. The van der Waals surface area contributed by atoms with Crippen molar-refractivity contribution in [1.29, 1.82) is 0 Å². The normalized spacial score (nSPS) is 32.1. The number of carbonyl (C=O) groups is 1. The van der Waals surface area contributed by atoms with Crippen LogP contribution in [0.15, 0.2) is 0 Å². The Balaban J connectivity index is 1.87. The number of nitrogens with zero attached hydrogens (tertiary/aromatic N) is 1. The van der Waals surface area contributed by atoms with Gasteiger partial charge in [-0.3, -0.25) is 0 Å². The number of carbonyl (C=O) groups excluding carboxylic acids is 1. The molecule has 0 aromatic carbocycles. The standard InChI is InChI=1S/C18H33NO4/c1-13-6-8-15(9-7-13)22-12-14-10-16(21-5)11-19(14)17(20)23-18(2,3)4/h13-16H,6-12H2,1-5H3/t13-,14-,15-,16-/m0/s1. The topological polar surface area (TPSA) is 48.0 Å². The Kier molecular flexibility index (Phi) is 6.32. The highest BCUT2D eigenvalue weighted by Crippen LogP contribution is 2.28. The number of hydrogen-bond acceptors (Lipinski definition) is 4. The molecule has 0 N–H and O–H groups in total. The number of amides is 1. The van der Waals surface area contributed by atoms with Gasteiger partial charge in [0.15, 0.2) is 0 Å². The van der Waals surface area contributed by atoms with Gasteiger partial charge in [0, 0.05) is 7.11 Å². The largest absolute Gasteiger partial charge is 0.444 e. The van der Waals surface area contributed by atoms with Crippen LogP contribution in [-0.4, -0.2) is 55.1 Å². The molecule has 5 nitrogen and oxygen atoms in total. The molecular weight excluding hydrogens is 294 g/mol. The van der Waals surface area contributed by atoms with E-state index < -0.39 is 5.60 Å². The molecule has 0 spiro atoms. The van der Waals surface area contributed by atoms with Crippen molar-refractivity contribution in [2.45, 2.75) is 83.6 Å². The quantitative estimate of drug-likeness (QED) is 0.791. The van der Waals surface area contributed by atoms with E-state index in [2.05, 4.69) is 6.92 Å². The van der Waals surface area contributed by atoms with E-state index in [4.69, 9.17) is 14.2 Å². The van der Waals surface area contributed by atoms with Crippen molar-refractivity contribution in [3.05, 3.63) is 0 Å². The summed E-state index contributed by atoms with van der Waals surface area (Å²) in [5, 5.41) is 0. The van der Waals surface area contributed by atoms with Crippen molar-refractivity contribution in [3.8, 4) is 0 Å². The molecule has 0 radical (unpaired) electrons. The zero-order valence-corrected chi connectivity index (χ0v) is 15.3. The van der Waals surface area contributed by atoms with E-state index in [0.29, 0.717) is 19.3 Å². The zero-order chi connectivity index (χ0) is 17.0. The van der Waals surface area contributed by atoms with Crippen LogP contribution in [0.5, 0.6) is 0 Å². The summed E-state index contributed by atoms with van der Waals surface area (Å²) in [6, 6.07) is 0.0501. The smallest absolute Gasteiger partial charge is 0.410 e. The van der Waals surface area contributed by atoms with E-state index in [-0.39, 0.29) is 18.2 Å². The van der Waals surface area contributed by atoms with Gasteiger partial charge in [0.25, 0.3) is 0 Å². The van der Waals surface area contributed by atoms with Gasteiger partial charge in [0.2, 0.25) is 0 Å². The zero-order valence-electron chi connectivity index (χ0n) is 15.3. The fraction of sp³-hybridized carbons (Fsp3) is 0.944. The van der Waals surface area contributed by atoms with E-state index in [1.165, 1.54) is 12.8 Å². The van der Waals surface area contributed by atoms with Gasteiger partial charge in [-0.05, 0) is 58.8 Å². The first-order valence-electron chi connectivity index (χ1n) is 8.92. The van der Waals surface area contributed by atoms with Crippen LogP contribution in [-0.2, 0) is 14.2 Å². The Bertz CT molecular complexity index is 385. The molecule has 0 unspecified atom stereocenters. The highest BCUT2D eigenvalue weighted by atomic mass is 16.6. The van der Waals surface area contributed by atoms with Crippen LogP contribution in [0, 0.1) is 5.92 Å². The van der Waals surface area contributed by atoms with Crippen LogP contribution in [0.2, 0.25) is 0 Å². The molecule has 0 aromatic heterocycles. The third-order valence-electron chi connectivity index (χ3n) is 4.82. The van der Waals surface area contributed by atoms with Crippen molar-refractivity contribution in [1.82, 2.24) is 4.90 Å². The van der Waals surface area contributed by atoms with E-state index in [0.717, 1.165) is 25.2 Å². The monoisotopic (exact) mass is 327 g/mol. The summed E-state index contributed by atoms with van der Waals surface area (Å²) in [5.74, 6) is 0.817. The first kappa shape index (κ1) is 18.5. The molecule has 5 heteroatoms. The Morgan fingerprint density at radius 1 is 1.13 bits per heavy atom. The SMILES string of the molecule is CO[C@H]1C[C@@H](CO[C@H]2CC[C@H](C)CC2)N(C(=O)OC(C)(C)C)C1. The fourth-order valence-corrected chi connectivity index (χ4v) is 3.39. The highest BCUT2D eigenvalue weighted by molar-refractivity contribution is 5.69. The number of hydrogen-bond donors (Lipinski definition) is 0. The minimum atomic E-state index is -0.479. The predicted octanol–water partition coefficient (Wildman–Crippen LogP) is 3.61. The molecule has 23 heavy (non-hydrogen) atoms. The molecule has 2 aliphatic rings. The summed E-state index contributed by atoms with van der Waals surface area (Å²) in [4.78, 5) is 14.2. The number of likely N-dealkylation sites (tertiary alicyclic amines) is 1. The van der Waals surface area contributed by atoms with E-state index in [9.17, 15) is 4.79 Å². The van der Waals surface area contributed by atoms with Crippen molar-refractivity contribution < 1.29 is 19.0 Å². The summed E-state index contributed by atoms with van der Waals surface area (Å²) in [6.07, 6.45) is 5.72. The average Bonchev–Trinajstić information content (AvgIpc) is 2.88. The molecule has 0 bridgehead atoms. The lowest BCUT2D eigenvalue weighted by atomic mass is 9.89. The minimum absolute atomic E-state index is 0.0501. The van der Waals surface area contributed by atoms with Crippen molar-refractivity contribution in [3.63, 3.8) is 0 Å². The molecule has 0 aromatic rings. The van der Waals surface area contributed by atoms with Crippen molar-refractivity contribution >= 4 is 6.09 Å². The molecular formula is C18H33NO4. The lowest BCUT2D eigenvalue weighted by Crippen LogP contribution is -2.42. The molecule has 1 heterocycles. The molecule has 1 amide bonds. The Morgan fingerprint density at radius 3 is 2.35 bits per heavy atom. The van der Waals surface area contributed by atoms with Crippen LogP contribution < -0.4 is 0 Å². The summed E-state index contributed by atoms with van der Waals surface area (Å²) >= 11 is 0. The van der Waals surface area contributed by atoms with Gasteiger partial charge >= 0.3 is 6.09 Å². The van der Waals surface area contributed by atoms with Gasteiger partial charge in [-0.15, -0.1) is 0 Å². The molecule has 1 saturated carbocycles. The molecule has 2 atom stereocenters. The average molecular weight is 327 g/mol. The first-order chi connectivity index (χ1) is 10.8. The Labute approximate surface area is 140 Å². The number of ether oxygens (including phenoxy) is 3. The maximum Gasteiger partial charge on any atom is 0.410 e. The first-order valence-corrected chi connectivity index (χ1v) is 8.92. The molecule has 2 rings (SSSR count). The molecule has 1 aliphatic carbocycles. The van der Waals surface area contributed by atoms with E-state index in [1.807, 2.05) is 20.8 Å². The van der Waals surface area contributed by atoms with E-state index in [1.54, 1.807) is 12.0 Å². The maximum atomic E-state index is 12.4. The second kappa shape index (κ2) is 7.84. The second-order valence-electron chi connectivity index (χ2n) is 8.10. The predicted molar refractivity (Wildman–Crippen MR) is 89.5 cm³/mol. The van der Waals surface area contributed by atoms with Crippen LogP contribution >= 0.6 is 0 Å². The van der Waals surface area contributed by atoms with E-state index >= 15 is 0 Å². The van der Waals surface area contributed by atoms with Gasteiger partial charge in [-0.2, -0.15) is 0 Å². The van der Waals surface area contributed by atoms with Crippen LogP contribution in [0.4, 0.5) is 4.79 Å². The van der Waals surface area contributed by atoms with Gasteiger partial charge in [0.1, 0.15) is 5.60 Å². The van der Waals surface area contributed by atoms with Gasteiger partial charge in [0.05, 0.1) is 31.4 Å². The number of methoxy groups -OCH3 is 1. The van der Waals surface area contributed by atoms with Gasteiger partial charge < -0.3 is 19.1 Å². The molecule has 134 valence electrons. The third-order valence-corrected chi connectivity index (χ3v) is 4.82. The van der Waals surface area contributed by atoms with Crippen molar-refractivity contribution in [2.75, 3.05) is 20.3 Å². The fourth-order valence-electron chi connectivity index (χ4n) is 3.39. The summed E-state index contributed by atoms with van der Waals surface area (Å²) in [5.41, 5.74) is -0.479. The van der Waals surface area contributed by atoms with Crippen LogP contribution in [0.25, 0.3) is 0 Å². The molecule has 1 saturated heterocycles. The van der Waals surface area contributed by atoms with Crippen LogP contribution in [0.3, 0.4) is 0 Å². The van der Waals surface area contributed by atoms with Crippen LogP contribution in [0.1, 0.15) is 59.8 Å². The third kappa shape index (κ3) is 5.64. The molecule has 2 fully saturated rings. The summed E-state index contributed by atoms with van der Waals surface area (Å²) < 4.78 is 17.1. The summed E-state index contributed by atoms with van der Waals surface area (Å²) in [6.45, 7) is 9.15. The second-order valence-corrected chi connectivity index (χ2v) is 8.10. The van der Waals surface area contributed by atoms with Crippen molar-refractivity contribution in [2.24, 2.45) is 5.92 Å². The Hall–Kier alpha value is -0.810. The highest BCUT2D eigenvalue weighted by Gasteiger charge is 2.38. The summed E-state index contributed by atoms with van der Waals surface area (Å²) in [7, 11) is 1.70. The molecule has 1 aliphatic heterocycles. The lowest BCUT2D eigenvalue weighted by molar-refractivity contribution is -0.0182. The maximum absolute atomic E-state index is 12.4. The van der Waals surface area contributed by atoms with Gasteiger partial charge in [-0.25, -0.2) is 4.79 Å². The Morgan fingerprint density at radius 2 is 1.78 bits per heavy atom.